The van der Waals surface area contributed by atoms with Crippen LogP contribution in [0.3, 0.4) is 0 Å². The van der Waals surface area contributed by atoms with Gasteiger partial charge in [-0.15, -0.1) is 0 Å². The second-order valence-electron chi connectivity index (χ2n) is 6.78. The molecule has 4 nitrogen and oxygen atoms in total. The first kappa shape index (κ1) is 17.5. The second kappa shape index (κ2) is 8.14. The molecule has 2 amide bonds. The lowest BCUT2D eigenvalue weighted by molar-refractivity contribution is -0.136. The molecule has 0 atom stereocenters. The van der Waals surface area contributed by atoms with Crippen molar-refractivity contribution < 1.29 is 9.59 Å². The van der Waals surface area contributed by atoms with Crippen molar-refractivity contribution in [3.05, 3.63) is 28.8 Å². The summed E-state index contributed by atoms with van der Waals surface area (Å²) >= 11 is 0. The monoisotopic (exact) mass is 316 g/mol. The molecule has 4 heteroatoms. The van der Waals surface area contributed by atoms with E-state index >= 15 is 0 Å². The molecule has 0 bridgehead atoms. The van der Waals surface area contributed by atoms with E-state index in [9.17, 15) is 9.59 Å². The molecule has 2 N–H and O–H groups in total. The molecule has 0 aliphatic heterocycles. The van der Waals surface area contributed by atoms with Gasteiger partial charge in [0.15, 0.2) is 0 Å². The number of rotatable bonds is 5. The Morgan fingerprint density at radius 3 is 2.26 bits per heavy atom. The first-order chi connectivity index (χ1) is 11.0. The molecule has 1 aromatic carbocycles. The third-order valence-corrected chi connectivity index (χ3v) is 4.67. The third-order valence-electron chi connectivity index (χ3n) is 4.67. The molecule has 2 rings (SSSR count). The van der Waals surface area contributed by atoms with Crippen molar-refractivity contribution in [1.82, 2.24) is 5.32 Å². The lowest BCUT2D eigenvalue weighted by Gasteiger charge is -2.13. The number of hydrogen-bond acceptors (Lipinski definition) is 2. The van der Waals surface area contributed by atoms with E-state index < -0.39 is 11.8 Å². The Morgan fingerprint density at radius 2 is 1.65 bits per heavy atom. The molecule has 1 aliphatic carbocycles. The van der Waals surface area contributed by atoms with E-state index in [2.05, 4.69) is 10.6 Å². The summed E-state index contributed by atoms with van der Waals surface area (Å²) in [5.74, 6) is -0.310. The number of nitrogens with one attached hydrogen (secondary N) is 2. The van der Waals surface area contributed by atoms with Crippen LogP contribution in [0, 0.1) is 26.7 Å². The highest BCUT2D eigenvalue weighted by atomic mass is 16.2. The number of carbonyl (C=O) groups is 2. The van der Waals surface area contributed by atoms with E-state index in [1.807, 2.05) is 32.9 Å². The lowest BCUT2D eigenvalue weighted by Crippen LogP contribution is -2.36. The Hall–Kier alpha value is -1.84. The highest BCUT2D eigenvalue weighted by molar-refractivity contribution is 6.39. The zero-order valence-electron chi connectivity index (χ0n) is 14.5. The van der Waals surface area contributed by atoms with E-state index in [-0.39, 0.29) is 0 Å². The van der Waals surface area contributed by atoms with Crippen LogP contribution in [0.5, 0.6) is 0 Å². The van der Waals surface area contributed by atoms with Crippen molar-refractivity contribution in [2.45, 2.75) is 59.3 Å². The minimum Gasteiger partial charge on any atom is -0.348 e. The van der Waals surface area contributed by atoms with Crippen molar-refractivity contribution in [2.75, 3.05) is 11.9 Å². The van der Waals surface area contributed by atoms with Crippen LogP contribution in [0.15, 0.2) is 12.1 Å². The van der Waals surface area contributed by atoms with Crippen LogP contribution in [0.25, 0.3) is 0 Å². The average molecular weight is 316 g/mol. The molecular formula is C19H28N2O2. The Balaban J connectivity index is 1.77. The highest BCUT2D eigenvalue weighted by Gasteiger charge is 2.17. The summed E-state index contributed by atoms with van der Waals surface area (Å²) in [5, 5.41) is 5.46. The predicted molar refractivity (Wildman–Crippen MR) is 93.5 cm³/mol. The van der Waals surface area contributed by atoms with Crippen LogP contribution in [0.4, 0.5) is 5.69 Å². The van der Waals surface area contributed by atoms with Crippen molar-refractivity contribution in [2.24, 2.45) is 5.92 Å². The van der Waals surface area contributed by atoms with Crippen molar-refractivity contribution in [1.29, 1.82) is 0 Å². The minimum atomic E-state index is -0.582. The average Bonchev–Trinajstić information content (AvgIpc) is 3.00. The molecule has 1 fully saturated rings. The van der Waals surface area contributed by atoms with Gasteiger partial charge in [0.1, 0.15) is 0 Å². The fraction of sp³-hybridized carbons (Fsp3) is 0.579. The maximum atomic E-state index is 12.0. The van der Waals surface area contributed by atoms with Gasteiger partial charge in [-0.1, -0.05) is 43.4 Å². The van der Waals surface area contributed by atoms with Crippen LogP contribution in [-0.2, 0) is 9.59 Å². The third kappa shape index (κ3) is 5.08. The van der Waals surface area contributed by atoms with E-state index in [1.54, 1.807) is 0 Å². The van der Waals surface area contributed by atoms with Gasteiger partial charge in [-0.25, -0.2) is 0 Å². The Kier molecular flexibility index (Phi) is 6.20. The molecule has 1 aliphatic rings. The summed E-state index contributed by atoms with van der Waals surface area (Å²) in [7, 11) is 0. The van der Waals surface area contributed by atoms with Gasteiger partial charge in [0, 0.05) is 12.2 Å². The standard InChI is InChI=1S/C19H28N2O2/c1-13-11-14(2)17(15(3)12-13)21-19(23)18(22)20-10-6-9-16-7-4-5-8-16/h11-12,16H,4-10H2,1-3H3,(H,20,22)(H,21,23). The molecule has 126 valence electrons. The molecular weight excluding hydrogens is 288 g/mol. The molecule has 23 heavy (non-hydrogen) atoms. The molecule has 0 saturated heterocycles. The van der Waals surface area contributed by atoms with Gasteiger partial charge in [-0.3, -0.25) is 9.59 Å². The Labute approximate surface area is 139 Å². The highest BCUT2D eigenvalue weighted by Crippen LogP contribution is 2.28. The lowest BCUT2D eigenvalue weighted by atomic mass is 10.0. The van der Waals surface area contributed by atoms with Crippen molar-refractivity contribution in [3.63, 3.8) is 0 Å². The van der Waals surface area contributed by atoms with Gasteiger partial charge < -0.3 is 10.6 Å². The number of carbonyl (C=O) groups excluding carboxylic acids is 2. The van der Waals surface area contributed by atoms with Crippen LogP contribution >= 0.6 is 0 Å². The normalized spacial score (nSPS) is 14.7. The SMILES string of the molecule is Cc1cc(C)c(NC(=O)C(=O)NCCCC2CCCC2)c(C)c1. The summed E-state index contributed by atoms with van der Waals surface area (Å²) in [6, 6.07) is 4.00. The first-order valence-electron chi connectivity index (χ1n) is 8.64. The first-order valence-corrected chi connectivity index (χ1v) is 8.64. The molecule has 1 aromatic rings. The van der Waals surface area contributed by atoms with Gasteiger partial charge >= 0.3 is 11.8 Å². The molecule has 0 unspecified atom stereocenters. The summed E-state index contributed by atoms with van der Waals surface area (Å²) in [6.45, 7) is 6.47. The van der Waals surface area contributed by atoms with Crippen LogP contribution < -0.4 is 10.6 Å². The van der Waals surface area contributed by atoms with E-state index in [1.165, 1.54) is 25.7 Å². The van der Waals surface area contributed by atoms with Gasteiger partial charge in [0.05, 0.1) is 0 Å². The number of amides is 2. The van der Waals surface area contributed by atoms with Crippen molar-refractivity contribution >= 4 is 17.5 Å². The number of aryl methyl sites for hydroxylation is 3. The van der Waals surface area contributed by atoms with Crippen molar-refractivity contribution in [3.8, 4) is 0 Å². The van der Waals surface area contributed by atoms with Gasteiger partial charge in [0.2, 0.25) is 0 Å². The largest absolute Gasteiger partial charge is 0.348 e. The minimum absolute atomic E-state index is 0.546. The Bertz CT molecular complexity index is 552. The fourth-order valence-corrected chi connectivity index (χ4v) is 3.52. The molecule has 0 aromatic heterocycles. The predicted octanol–water partition coefficient (Wildman–Crippen LogP) is 3.64. The van der Waals surface area contributed by atoms with Crippen LogP contribution in [0.2, 0.25) is 0 Å². The Morgan fingerprint density at radius 1 is 1.04 bits per heavy atom. The molecule has 0 radical (unpaired) electrons. The van der Waals surface area contributed by atoms with E-state index in [4.69, 9.17) is 0 Å². The van der Waals surface area contributed by atoms with E-state index in [0.29, 0.717) is 6.54 Å². The smallest absolute Gasteiger partial charge is 0.313 e. The summed E-state index contributed by atoms with van der Waals surface area (Å²) < 4.78 is 0. The molecule has 0 heterocycles. The van der Waals surface area contributed by atoms with Gasteiger partial charge in [-0.2, -0.15) is 0 Å². The van der Waals surface area contributed by atoms with E-state index in [0.717, 1.165) is 41.1 Å². The van der Waals surface area contributed by atoms with Gasteiger partial charge in [-0.05, 0) is 50.7 Å². The zero-order chi connectivity index (χ0) is 16.8. The second-order valence-corrected chi connectivity index (χ2v) is 6.78. The molecule has 1 saturated carbocycles. The fourth-order valence-electron chi connectivity index (χ4n) is 3.52. The maximum absolute atomic E-state index is 12.0. The maximum Gasteiger partial charge on any atom is 0.313 e. The summed E-state index contributed by atoms with van der Waals surface area (Å²) in [5.41, 5.74) is 3.84. The number of benzene rings is 1. The molecule has 0 spiro atoms. The summed E-state index contributed by atoms with van der Waals surface area (Å²) in [4.78, 5) is 23.9. The van der Waals surface area contributed by atoms with Crippen LogP contribution in [-0.4, -0.2) is 18.4 Å². The van der Waals surface area contributed by atoms with Crippen LogP contribution in [0.1, 0.15) is 55.2 Å². The zero-order valence-corrected chi connectivity index (χ0v) is 14.5. The topological polar surface area (TPSA) is 58.2 Å². The number of hydrogen-bond donors (Lipinski definition) is 2. The quantitative estimate of drug-likeness (QED) is 0.643. The van der Waals surface area contributed by atoms with Gasteiger partial charge in [0.25, 0.3) is 0 Å². The number of anilines is 1. The summed E-state index contributed by atoms with van der Waals surface area (Å²) in [6.07, 6.45) is 7.43.